The Labute approximate surface area is 70.7 Å². The fourth-order valence-electron chi connectivity index (χ4n) is 0.945. The second kappa shape index (κ2) is 3.06. The van der Waals surface area contributed by atoms with Gasteiger partial charge in [0.05, 0.1) is 6.33 Å². The number of aromatic nitrogens is 2. The van der Waals surface area contributed by atoms with E-state index in [0.717, 1.165) is 0 Å². The summed E-state index contributed by atoms with van der Waals surface area (Å²) in [6.07, 6.45) is 1.52. The fraction of sp³-hybridized carbons (Fsp3) is 0.375. The van der Waals surface area contributed by atoms with Gasteiger partial charge in [-0.3, -0.25) is 0 Å². The predicted molar refractivity (Wildman–Crippen MR) is 42.0 cm³/mol. The van der Waals surface area contributed by atoms with Gasteiger partial charge in [-0.1, -0.05) is 0 Å². The van der Waals surface area contributed by atoms with Gasteiger partial charge in [-0.15, -0.1) is 0 Å². The zero-order chi connectivity index (χ0) is 9.14. The van der Waals surface area contributed by atoms with Crippen molar-refractivity contribution in [1.29, 1.82) is 10.5 Å². The van der Waals surface area contributed by atoms with E-state index in [2.05, 4.69) is 4.98 Å². The van der Waals surface area contributed by atoms with E-state index < -0.39 is 0 Å². The Hall–Kier alpha value is -1.81. The molecule has 0 amide bonds. The highest BCUT2D eigenvalue weighted by Crippen LogP contribution is 2.11. The third-order valence-electron chi connectivity index (χ3n) is 1.56. The van der Waals surface area contributed by atoms with Crippen LogP contribution in [0.5, 0.6) is 0 Å². The lowest BCUT2D eigenvalue weighted by Gasteiger charge is -2.05. The van der Waals surface area contributed by atoms with E-state index >= 15 is 0 Å². The molecular formula is C8H8N4. The molecule has 12 heavy (non-hydrogen) atoms. The van der Waals surface area contributed by atoms with Crippen LogP contribution in [0.1, 0.15) is 31.3 Å². The third-order valence-corrected chi connectivity index (χ3v) is 1.56. The molecule has 60 valence electrons. The van der Waals surface area contributed by atoms with Crippen LogP contribution in [0.15, 0.2) is 6.33 Å². The van der Waals surface area contributed by atoms with Crippen LogP contribution >= 0.6 is 0 Å². The highest BCUT2D eigenvalue weighted by molar-refractivity contribution is 5.36. The maximum absolute atomic E-state index is 8.71. The van der Waals surface area contributed by atoms with Gasteiger partial charge in [0.1, 0.15) is 12.1 Å². The smallest absolute Gasteiger partial charge is 0.176 e. The average Bonchev–Trinajstić information content (AvgIpc) is 2.46. The Kier molecular flexibility index (Phi) is 2.11. The molecule has 0 radical (unpaired) electrons. The fourth-order valence-corrected chi connectivity index (χ4v) is 0.945. The Balaban J connectivity index is 3.28. The largest absolute Gasteiger partial charge is 0.319 e. The van der Waals surface area contributed by atoms with E-state index in [1.165, 1.54) is 6.33 Å². The maximum atomic E-state index is 8.71. The summed E-state index contributed by atoms with van der Waals surface area (Å²) < 4.78 is 1.68. The van der Waals surface area contributed by atoms with E-state index in [9.17, 15) is 0 Å². The minimum atomic E-state index is 0.161. The van der Waals surface area contributed by atoms with E-state index in [0.29, 0.717) is 5.69 Å². The minimum absolute atomic E-state index is 0.161. The molecular weight excluding hydrogens is 152 g/mol. The summed E-state index contributed by atoms with van der Waals surface area (Å²) in [5.41, 5.74) is 0.540. The molecule has 0 aromatic carbocycles. The van der Waals surface area contributed by atoms with Gasteiger partial charge in [0.25, 0.3) is 0 Å². The molecule has 4 heteroatoms. The maximum Gasteiger partial charge on any atom is 0.176 e. The van der Waals surface area contributed by atoms with Gasteiger partial charge in [0, 0.05) is 6.04 Å². The molecule has 4 nitrogen and oxygen atoms in total. The summed E-state index contributed by atoms with van der Waals surface area (Å²) in [6.45, 7) is 3.87. The van der Waals surface area contributed by atoms with E-state index in [1.807, 2.05) is 26.0 Å². The molecule has 1 heterocycles. The number of hydrogen-bond acceptors (Lipinski definition) is 3. The molecule has 0 bridgehead atoms. The van der Waals surface area contributed by atoms with Crippen molar-refractivity contribution in [3.8, 4) is 12.1 Å². The number of nitrogens with zero attached hydrogens (tertiary/aromatic N) is 4. The van der Waals surface area contributed by atoms with Gasteiger partial charge in [-0.05, 0) is 13.8 Å². The van der Waals surface area contributed by atoms with Gasteiger partial charge in [0.2, 0.25) is 0 Å². The Morgan fingerprint density at radius 1 is 1.42 bits per heavy atom. The number of rotatable bonds is 1. The summed E-state index contributed by atoms with van der Waals surface area (Å²) in [5, 5.41) is 17.3. The Bertz CT molecular complexity index is 361. The molecule has 0 N–H and O–H groups in total. The summed E-state index contributed by atoms with van der Waals surface area (Å²) in [6, 6.07) is 3.98. The van der Waals surface area contributed by atoms with Gasteiger partial charge in [0.15, 0.2) is 11.4 Å². The van der Waals surface area contributed by atoms with Crippen LogP contribution < -0.4 is 0 Å². The lowest BCUT2D eigenvalue weighted by molar-refractivity contribution is 0.593. The topological polar surface area (TPSA) is 65.4 Å². The highest BCUT2D eigenvalue weighted by atomic mass is 15.1. The van der Waals surface area contributed by atoms with Crippen molar-refractivity contribution in [2.45, 2.75) is 19.9 Å². The molecule has 0 aliphatic rings. The Morgan fingerprint density at radius 3 is 2.50 bits per heavy atom. The van der Waals surface area contributed by atoms with Gasteiger partial charge in [-0.2, -0.15) is 10.5 Å². The van der Waals surface area contributed by atoms with Crippen LogP contribution in [0, 0.1) is 22.7 Å². The van der Waals surface area contributed by atoms with Crippen LogP contribution in [0.4, 0.5) is 0 Å². The Morgan fingerprint density at radius 2 is 2.08 bits per heavy atom. The molecule has 0 spiro atoms. The van der Waals surface area contributed by atoms with Crippen molar-refractivity contribution < 1.29 is 0 Å². The summed E-state index contributed by atoms with van der Waals surface area (Å²) in [7, 11) is 0. The lowest BCUT2D eigenvalue weighted by atomic mass is 10.3. The third kappa shape index (κ3) is 1.15. The number of imidazole rings is 1. The monoisotopic (exact) mass is 160 g/mol. The van der Waals surface area contributed by atoms with E-state index in [4.69, 9.17) is 10.5 Å². The molecule has 0 unspecified atom stereocenters. The van der Waals surface area contributed by atoms with Crippen LogP contribution in [0.2, 0.25) is 0 Å². The molecule has 1 rings (SSSR count). The zero-order valence-corrected chi connectivity index (χ0v) is 6.94. The number of nitriles is 2. The first-order chi connectivity index (χ1) is 5.70. The quantitative estimate of drug-likeness (QED) is 0.620. The summed E-state index contributed by atoms with van der Waals surface area (Å²) in [5.74, 6) is 0. The zero-order valence-electron chi connectivity index (χ0n) is 6.94. The van der Waals surface area contributed by atoms with Crippen LogP contribution in [0.3, 0.4) is 0 Å². The first-order valence-corrected chi connectivity index (χ1v) is 3.57. The van der Waals surface area contributed by atoms with Crippen molar-refractivity contribution >= 4 is 0 Å². The van der Waals surface area contributed by atoms with Crippen molar-refractivity contribution in [1.82, 2.24) is 9.55 Å². The van der Waals surface area contributed by atoms with Crippen LogP contribution in [-0.2, 0) is 0 Å². The highest BCUT2D eigenvalue weighted by Gasteiger charge is 2.11. The summed E-state index contributed by atoms with van der Waals surface area (Å²) in [4.78, 5) is 3.81. The molecule has 0 fully saturated rings. The second-order valence-corrected chi connectivity index (χ2v) is 2.67. The summed E-state index contributed by atoms with van der Waals surface area (Å²) >= 11 is 0. The molecule has 0 saturated heterocycles. The first kappa shape index (κ1) is 8.29. The standard InChI is InChI=1S/C8H8N4/c1-6(2)12-5-11-7(3-9)8(12)4-10/h5-6H,1-2H3. The molecule has 1 aromatic heterocycles. The molecule has 0 aliphatic heterocycles. The van der Waals surface area contributed by atoms with Crippen LogP contribution in [0.25, 0.3) is 0 Å². The van der Waals surface area contributed by atoms with Gasteiger partial charge < -0.3 is 4.57 Å². The predicted octanol–water partition coefficient (Wildman–Crippen LogP) is 1.21. The molecule has 0 aliphatic carbocycles. The molecule has 1 aromatic rings. The van der Waals surface area contributed by atoms with Gasteiger partial charge in [-0.25, -0.2) is 4.98 Å². The first-order valence-electron chi connectivity index (χ1n) is 3.57. The van der Waals surface area contributed by atoms with Gasteiger partial charge >= 0.3 is 0 Å². The molecule has 0 atom stereocenters. The van der Waals surface area contributed by atoms with Crippen LogP contribution in [-0.4, -0.2) is 9.55 Å². The molecule has 0 saturated carbocycles. The van der Waals surface area contributed by atoms with E-state index in [1.54, 1.807) is 4.57 Å². The van der Waals surface area contributed by atoms with Crippen molar-refractivity contribution in [3.63, 3.8) is 0 Å². The van der Waals surface area contributed by atoms with Crippen molar-refractivity contribution in [2.24, 2.45) is 0 Å². The van der Waals surface area contributed by atoms with Crippen molar-refractivity contribution in [3.05, 3.63) is 17.7 Å². The second-order valence-electron chi connectivity index (χ2n) is 2.67. The minimum Gasteiger partial charge on any atom is -0.319 e. The number of hydrogen-bond donors (Lipinski definition) is 0. The SMILES string of the molecule is CC(C)n1cnc(C#N)c1C#N. The lowest BCUT2D eigenvalue weighted by Crippen LogP contribution is -2.01. The van der Waals surface area contributed by atoms with Crippen molar-refractivity contribution in [2.75, 3.05) is 0 Å². The normalized spacial score (nSPS) is 9.42. The van der Waals surface area contributed by atoms with E-state index in [-0.39, 0.29) is 11.7 Å². The average molecular weight is 160 g/mol.